The Morgan fingerprint density at radius 2 is 0.782 bits per heavy atom. The van der Waals surface area contributed by atoms with Crippen molar-refractivity contribution in [3.05, 3.63) is 331 Å². The lowest BCUT2D eigenvalue weighted by atomic mass is 9.81. The van der Waals surface area contributed by atoms with Gasteiger partial charge in [0, 0.05) is 91.4 Å². The summed E-state index contributed by atoms with van der Waals surface area (Å²) in [6.07, 6.45) is 10.5. The van der Waals surface area contributed by atoms with Crippen LogP contribution in [0.1, 0.15) is 41.4 Å². The summed E-state index contributed by atoms with van der Waals surface area (Å²) in [6.45, 7) is 6.59. The molecule has 0 radical (unpaired) electrons. The van der Waals surface area contributed by atoms with Crippen molar-refractivity contribution in [2.75, 3.05) is 0 Å². The zero-order valence-electron chi connectivity index (χ0n) is 60.4. The quantitative estimate of drug-likeness (QED) is 0.0316. The topological polar surface area (TPSA) is 402 Å². The number of rotatable bonds is 15. The molecule has 45 heteroatoms. The molecule has 15 rings (SSSR count). The van der Waals surface area contributed by atoms with Crippen LogP contribution >= 0.6 is 144 Å². The van der Waals surface area contributed by atoms with Gasteiger partial charge in [0.25, 0.3) is 0 Å². The second-order valence-corrected chi connectivity index (χ2v) is 34.8. The lowest BCUT2D eigenvalue weighted by Crippen LogP contribution is -2.40. The van der Waals surface area contributed by atoms with Crippen LogP contribution in [0.15, 0.2) is 238 Å². The first-order chi connectivity index (χ1) is 56.8. The van der Waals surface area contributed by atoms with Crippen molar-refractivity contribution in [1.82, 2.24) is 75.0 Å². The number of aldehydes is 4. The van der Waals surface area contributed by atoms with E-state index >= 15 is 0 Å². The van der Waals surface area contributed by atoms with Crippen LogP contribution in [-0.4, -0.2) is 125 Å². The van der Waals surface area contributed by atoms with Gasteiger partial charge in [-0.25, -0.2) is 42.2 Å². The monoisotopic (exact) mass is 1900 g/mol. The van der Waals surface area contributed by atoms with E-state index in [2.05, 4.69) is 97.2 Å². The number of aromatic nitrogens is 15. The third kappa shape index (κ3) is 25.7. The van der Waals surface area contributed by atoms with Crippen molar-refractivity contribution in [2.24, 2.45) is 5.11 Å². The van der Waals surface area contributed by atoms with Gasteiger partial charge in [-0.05, 0) is 167 Å². The van der Waals surface area contributed by atoms with Crippen LogP contribution in [0.2, 0.25) is 75.4 Å². The lowest BCUT2D eigenvalue weighted by Gasteiger charge is -2.10. The molecule has 0 spiro atoms. The molecule has 0 aliphatic carbocycles. The molecule has 8 aromatic heterocycles. The number of benzene rings is 7. The normalized spacial score (nSPS) is 10.5. The maximum Gasteiger partial charge on any atom is 0.495 e. The number of nitrogens with zero attached hydrogens (tertiary/aromatic N) is 18. The van der Waals surface area contributed by atoms with E-state index in [1.807, 2.05) is 6.20 Å². The number of hydrogen-bond donors (Lipinski definition) is 2. The first-order valence-electron chi connectivity index (χ1n) is 33.0. The summed E-state index contributed by atoms with van der Waals surface area (Å²) in [5, 5.41) is 65.2. The molecule has 604 valence electrons. The fourth-order valence-electron chi connectivity index (χ4n) is 9.75. The van der Waals surface area contributed by atoms with Crippen LogP contribution in [0.25, 0.3) is 72.9 Å². The molecule has 15 aromatic rings. The molecule has 2 N–H and O–H groups in total. The highest BCUT2D eigenvalue weighted by Gasteiger charge is 2.23. The molecule has 7 aromatic carbocycles. The Labute approximate surface area is 734 Å². The van der Waals surface area contributed by atoms with Crippen LogP contribution in [0, 0.1) is 5.82 Å². The number of carbonyl (C=O) groups is 4. The van der Waals surface area contributed by atoms with E-state index < -0.39 is 37.9 Å². The summed E-state index contributed by atoms with van der Waals surface area (Å²) in [5.74, 6) is 0.400. The summed E-state index contributed by atoms with van der Waals surface area (Å²) in [7, 11) is -3.40. The van der Waals surface area contributed by atoms with E-state index in [-0.39, 0.29) is 43.1 Å². The molecular weight excluding hydrogens is 1860 g/mol. The van der Waals surface area contributed by atoms with Gasteiger partial charge in [-0.15, -0.1) is 25.5 Å². The predicted octanol–water partition coefficient (Wildman–Crippen LogP) is 18.1. The molecule has 0 atom stereocenters. The minimum absolute atomic E-state index is 0.00694. The fourth-order valence-corrected chi connectivity index (χ4v) is 12.6. The predicted molar refractivity (Wildman–Crippen MR) is 458 cm³/mol. The van der Waals surface area contributed by atoms with Crippen molar-refractivity contribution in [2.45, 2.75) is 19.6 Å². The van der Waals surface area contributed by atoms with Crippen LogP contribution in [0.3, 0.4) is 0 Å². The summed E-state index contributed by atoms with van der Waals surface area (Å²) in [4.78, 5) is 79.7. The minimum Gasteiger partial charge on any atom is -0.423 e. The van der Waals surface area contributed by atoms with Gasteiger partial charge in [-0.3, -0.25) is 19.2 Å². The van der Waals surface area contributed by atoms with Crippen LogP contribution in [0.4, 0.5) is 10.1 Å². The minimum atomic E-state index is -1.91. The molecule has 8 heterocycles. The Morgan fingerprint density at radius 3 is 1.14 bits per heavy atom. The molecule has 0 saturated carbocycles. The van der Waals surface area contributed by atoms with Crippen LogP contribution in [-0.2, 0) is 0 Å². The highest BCUT2D eigenvalue weighted by molar-refractivity contribution is 9.10. The lowest BCUT2D eigenvalue weighted by molar-refractivity contribution is 0.111. The summed E-state index contributed by atoms with van der Waals surface area (Å²) >= 11 is 66.8. The van der Waals surface area contributed by atoms with Crippen molar-refractivity contribution in [1.29, 1.82) is 0 Å². The molecule has 119 heavy (non-hydrogen) atoms. The van der Waals surface area contributed by atoms with Crippen molar-refractivity contribution in [3.8, 4) is 62.4 Å². The standard InChI is InChI=1S/C13H8BCl2N3O4.C13H6BrCl2N3O2.C13H7Cl2N3O2.C12H14ClN3OSi.C9H5Cl2N3O.C7H4ClFO.C7H4ClN3O/c15-7-1-3-10(19-6-12(16)17-18-19)8(5-7)11-4-2-9(14(21)22)13(20)23-11;14-9-2-4-11(21-13(9)20)8-5-7(15)1-3-10(8)19-6-12(16)17-18-19;14-8-4-5-10(18-7-12(15)16-17-18)9(6-8)11-2-1-3-13(19)20-11;1-18(2,3)12-7-16(15-14-12)11-5-4-10(13)6-9(11)8-17;10-7-1-2-8(6(3-7)5-15)14-4-9(11)12-13-14;8-6-1-2-7(9)5(3-6)4-10;8-6-1-2-7(10-11-9)5(3-6)4-12/h1-6,21-22H;1-6H;1-7H;4-8H,1-3H3;1-5H;1-4H;1-4H. The maximum absolute atomic E-state index is 12.5. The summed E-state index contributed by atoms with van der Waals surface area (Å²) in [5.41, 5.74) is 12.4. The van der Waals surface area contributed by atoms with Gasteiger partial charge in [-0.1, -0.05) is 197 Å². The average Bonchev–Trinajstić information content (AvgIpc) is 1.70. The Hall–Kier alpha value is -11.1. The van der Waals surface area contributed by atoms with Gasteiger partial charge in [-0.2, -0.15) is 0 Å². The average molecular weight is 1910 g/mol. The largest absolute Gasteiger partial charge is 0.495 e. The van der Waals surface area contributed by atoms with Gasteiger partial charge in [0.2, 0.25) is 0 Å². The van der Waals surface area contributed by atoms with E-state index in [0.29, 0.717) is 132 Å². The number of hydrogen-bond acceptors (Lipinski definition) is 23. The summed E-state index contributed by atoms with van der Waals surface area (Å²) in [6, 6.07) is 44.1. The van der Waals surface area contributed by atoms with E-state index in [4.69, 9.17) is 156 Å². The number of carbonyl (C=O) groups excluding carboxylic acids is 4. The maximum atomic E-state index is 12.5. The van der Waals surface area contributed by atoms with Gasteiger partial charge in [0.15, 0.2) is 45.8 Å². The molecule has 0 aliphatic rings. The molecule has 0 fully saturated rings. The van der Waals surface area contributed by atoms with Crippen LogP contribution in [0.5, 0.6) is 0 Å². The second kappa shape index (κ2) is 43.0. The SMILES string of the molecule is C[Si](C)(C)c1cn(-c2ccc(Cl)cc2C=O)nn1.O=Cc1cc(Cl)ccc1-n1cc(Cl)nn1.O=Cc1cc(Cl)ccc1F.O=c1cccc(-c2cc(Cl)ccc2-n2cc(Cl)nn2)o1.O=c1oc(-c2cc(Cl)ccc2-n2cc(Cl)nn2)ccc1B(O)O.O=c1oc(-c2cc(Cl)ccc2-n2cc(Cl)nn2)ccc1Br.[N-]=[N+]=Nc1ccc(Cl)cc1C=O. The first-order valence-corrected chi connectivity index (χ1v) is 41.5. The van der Waals surface area contributed by atoms with Gasteiger partial charge < -0.3 is 23.3 Å². The van der Waals surface area contributed by atoms with Gasteiger partial charge in [0.1, 0.15) is 35.6 Å². The van der Waals surface area contributed by atoms with E-state index in [1.54, 1.807) is 138 Å². The zero-order valence-corrected chi connectivity index (χ0v) is 71.3. The first kappa shape index (κ1) is 91.8. The van der Waals surface area contributed by atoms with E-state index in [9.17, 15) is 38.0 Å². The Kier molecular flexibility index (Phi) is 33.2. The van der Waals surface area contributed by atoms with Crippen molar-refractivity contribution >= 4 is 200 Å². The van der Waals surface area contributed by atoms with Crippen LogP contribution < -0.4 is 27.7 Å². The van der Waals surface area contributed by atoms with Gasteiger partial charge in [0.05, 0.1) is 69.6 Å². The molecule has 0 saturated heterocycles. The fraction of sp³-hybridized carbons (Fsp3) is 0.0405. The third-order valence-corrected chi connectivity index (χ3v) is 19.9. The molecule has 0 amide bonds. The van der Waals surface area contributed by atoms with Crippen molar-refractivity contribution < 1.29 is 46.9 Å². The molecule has 0 unspecified atom stereocenters. The third-order valence-electron chi connectivity index (χ3n) is 15.2. The van der Waals surface area contributed by atoms with E-state index in [1.165, 1.54) is 73.6 Å². The Balaban J connectivity index is 0.000000160. The van der Waals surface area contributed by atoms with Gasteiger partial charge >= 0.3 is 24.0 Å². The highest BCUT2D eigenvalue weighted by atomic mass is 79.9. The Bertz CT molecular complexity index is 6440. The number of azide groups is 1. The highest BCUT2D eigenvalue weighted by Crippen LogP contribution is 2.33. The molecule has 30 nitrogen and oxygen atoms in total. The summed E-state index contributed by atoms with van der Waals surface area (Å²) < 4.78 is 35.8. The number of halogens is 13. The second-order valence-electron chi connectivity index (χ2n) is 24.3. The smallest absolute Gasteiger partial charge is 0.423 e. The molecule has 0 aliphatic heterocycles. The molecule has 0 bridgehead atoms. The Morgan fingerprint density at radius 1 is 0.429 bits per heavy atom. The van der Waals surface area contributed by atoms with Crippen molar-refractivity contribution in [3.63, 3.8) is 0 Å². The zero-order chi connectivity index (χ0) is 86.4. The van der Waals surface area contributed by atoms with E-state index in [0.717, 1.165) is 17.7 Å². The molecular formula is C74H48BBrCl11FN18O12Si.